The van der Waals surface area contributed by atoms with E-state index in [9.17, 15) is 0 Å². The number of hydrogen-bond donors (Lipinski definition) is 0. The molecule has 0 atom stereocenters. The lowest BCUT2D eigenvalue weighted by Gasteiger charge is -1.98. The monoisotopic (exact) mass is 263 g/mol. The van der Waals surface area contributed by atoms with Crippen molar-refractivity contribution in [3.8, 4) is 11.3 Å². The lowest BCUT2D eigenvalue weighted by Crippen LogP contribution is -1.81. The number of halogens is 2. The molecule has 3 rings (SSSR count). The van der Waals surface area contributed by atoms with Crippen LogP contribution in [0.1, 0.15) is 0 Å². The topological polar surface area (TPSA) is 30.2 Å². The van der Waals surface area contributed by atoms with Crippen LogP contribution in [0.4, 0.5) is 0 Å². The summed E-state index contributed by atoms with van der Waals surface area (Å²) in [6.07, 6.45) is 7.20. The van der Waals surface area contributed by atoms with Crippen LogP contribution in [0, 0.1) is 0 Å². The normalized spacial score (nSPS) is 10.9. The number of hydrogen-bond acceptors (Lipinski definition) is 2. The van der Waals surface area contributed by atoms with Crippen molar-refractivity contribution in [2.75, 3.05) is 0 Å². The van der Waals surface area contributed by atoms with Crippen LogP contribution in [-0.4, -0.2) is 14.4 Å². The predicted octanol–water partition coefficient (Wildman–Crippen LogP) is 3.70. The molecule has 2 aromatic heterocycles. The largest absolute Gasteiger partial charge is 0.304 e. The highest BCUT2D eigenvalue weighted by molar-refractivity contribution is 6.42. The van der Waals surface area contributed by atoms with Crippen molar-refractivity contribution in [3.63, 3.8) is 0 Å². The average molecular weight is 264 g/mol. The number of fused-ring (bicyclic) bond motifs is 1. The van der Waals surface area contributed by atoms with Gasteiger partial charge in [0.25, 0.3) is 0 Å². The van der Waals surface area contributed by atoms with Crippen LogP contribution in [-0.2, 0) is 0 Å². The van der Waals surface area contributed by atoms with Crippen LogP contribution >= 0.6 is 23.2 Å². The van der Waals surface area contributed by atoms with E-state index in [0.717, 1.165) is 16.9 Å². The van der Waals surface area contributed by atoms with Gasteiger partial charge in [0.2, 0.25) is 0 Å². The van der Waals surface area contributed by atoms with E-state index in [2.05, 4.69) is 9.97 Å². The first-order valence-electron chi connectivity index (χ1n) is 4.98. The first-order chi connectivity index (χ1) is 8.24. The molecular formula is C12H7Cl2N3. The Labute approximate surface area is 108 Å². The van der Waals surface area contributed by atoms with Crippen molar-refractivity contribution in [1.29, 1.82) is 0 Å². The molecule has 2 heterocycles. The van der Waals surface area contributed by atoms with Gasteiger partial charge in [-0.05, 0) is 12.1 Å². The van der Waals surface area contributed by atoms with E-state index in [1.807, 2.05) is 22.9 Å². The summed E-state index contributed by atoms with van der Waals surface area (Å²) in [5.74, 6) is 0. The molecule has 84 valence electrons. The minimum absolute atomic E-state index is 0.527. The summed E-state index contributed by atoms with van der Waals surface area (Å²) in [5.41, 5.74) is 2.58. The summed E-state index contributed by atoms with van der Waals surface area (Å²) in [7, 11) is 0. The molecule has 5 heteroatoms. The maximum atomic E-state index is 5.98. The van der Waals surface area contributed by atoms with Crippen LogP contribution in [0.3, 0.4) is 0 Å². The Kier molecular flexibility index (Phi) is 2.50. The molecule has 0 N–H and O–H groups in total. The Balaban J connectivity index is 2.17. The van der Waals surface area contributed by atoms with Gasteiger partial charge in [-0.1, -0.05) is 29.3 Å². The molecule has 0 saturated carbocycles. The molecule has 0 saturated heterocycles. The van der Waals surface area contributed by atoms with Gasteiger partial charge in [-0.15, -0.1) is 0 Å². The molecule has 0 amide bonds. The minimum Gasteiger partial charge on any atom is -0.304 e. The highest BCUT2D eigenvalue weighted by Gasteiger charge is 2.06. The SMILES string of the molecule is Clc1ccc(-c2cn3ccncc3n2)cc1Cl. The second kappa shape index (κ2) is 4.02. The van der Waals surface area contributed by atoms with Gasteiger partial charge in [-0.25, -0.2) is 4.98 Å². The van der Waals surface area contributed by atoms with E-state index in [0.29, 0.717) is 10.0 Å². The lowest BCUT2D eigenvalue weighted by atomic mass is 10.2. The molecule has 0 bridgehead atoms. The standard InChI is InChI=1S/C12H7Cl2N3/c13-9-2-1-8(5-10(9)14)11-7-17-4-3-15-6-12(17)16-11/h1-7H. The Bertz CT molecular complexity index is 658. The molecule has 1 aromatic carbocycles. The molecule has 0 spiro atoms. The maximum Gasteiger partial charge on any atom is 0.155 e. The van der Waals surface area contributed by atoms with Crippen LogP contribution in [0.5, 0.6) is 0 Å². The maximum absolute atomic E-state index is 5.98. The Morgan fingerprint density at radius 3 is 2.76 bits per heavy atom. The minimum atomic E-state index is 0.527. The molecule has 17 heavy (non-hydrogen) atoms. The van der Waals surface area contributed by atoms with Crippen molar-refractivity contribution < 1.29 is 0 Å². The first kappa shape index (κ1) is 10.6. The molecule has 0 unspecified atom stereocenters. The van der Waals surface area contributed by atoms with E-state index < -0.39 is 0 Å². The predicted molar refractivity (Wildman–Crippen MR) is 68.4 cm³/mol. The zero-order chi connectivity index (χ0) is 11.8. The highest BCUT2D eigenvalue weighted by atomic mass is 35.5. The van der Waals surface area contributed by atoms with E-state index in [1.54, 1.807) is 24.5 Å². The summed E-state index contributed by atoms with van der Waals surface area (Å²) >= 11 is 11.9. The third-order valence-electron chi connectivity index (χ3n) is 2.48. The fraction of sp³-hybridized carbons (Fsp3) is 0. The molecule has 3 aromatic rings. The molecule has 0 fully saturated rings. The van der Waals surface area contributed by atoms with E-state index in [4.69, 9.17) is 23.2 Å². The zero-order valence-electron chi connectivity index (χ0n) is 8.64. The molecular weight excluding hydrogens is 257 g/mol. The average Bonchev–Trinajstić information content (AvgIpc) is 2.76. The van der Waals surface area contributed by atoms with Gasteiger partial charge >= 0.3 is 0 Å². The second-order valence-electron chi connectivity index (χ2n) is 3.60. The highest BCUT2D eigenvalue weighted by Crippen LogP contribution is 2.27. The van der Waals surface area contributed by atoms with Crippen LogP contribution in [0.25, 0.3) is 16.9 Å². The zero-order valence-corrected chi connectivity index (χ0v) is 10.2. The Morgan fingerprint density at radius 2 is 2.00 bits per heavy atom. The Hall–Kier alpha value is -1.58. The van der Waals surface area contributed by atoms with E-state index >= 15 is 0 Å². The van der Waals surface area contributed by atoms with Gasteiger partial charge in [0.05, 0.1) is 21.9 Å². The van der Waals surface area contributed by atoms with Crippen molar-refractivity contribution in [3.05, 3.63) is 53.0 Å². The molecule has 0 aliphatic carbocycles. The van der Waals surface area contributed by atoms with Crippen LogP contribution < -0.4 is 0 Å². The first-order valence-corrected chi connectivity index (χ1v) is 5.74. The van der Waals surface area contributed by atoms with Gasteiger partial charge in [0.15, 0.2) is 5.65 Å². The lowest BCUT2D eigenvalue weighted by molar-refractivity contribution is 1.13. The molecule has 0 radical (unpaired) electrons. The summed E-state index contributed by atoms with van der Waals surface area (Å²) in [4.78, 5) is 8.47. The number of nitrogens with zero attached hydrogens (tertiary/aromatic N) is 3. The fourth-order valence-corrected chi connectivity index (χ4v) is 1.94. The van der Waals surface area contributed by atoms with Crippen LogP contribution in [0.2, 0.25) is 10.0 Å². The number of benzene rings is 1. The molecule has 3 nitrogen and oxygen atoms in total. The molecule has 0 aliphatic rings. The number of rotatable bonds is 1. The van der Waals surface area contributed by atoms with Gasteiger partial charge in [0.1, 0.15) is 0 Å². The van der Waals surface area contributed by atoms with E-state index in [-0.39, 0.29) is 0 Å². The van der Waals surface area contributed by atoms with Gasteiger partial charge in [-0.2, -0.15) is 0 Å². The quantitative estimate of drug-likeness (QED) is 0.670. The van der Waals surface area contributed by atoms with Gasteiger partial charge < -0.3 is 4.40 Å². The fourth-order valence-electron chi connectivity index (χ4n) is 1.64. The third kappa shape index (κ3) is 1.88. The Morgan fingerprint density at radius 1 is 1.12 bits per heavy atom. The van der Waals surface area contributed by atoms with Crippen molar-refractivity contribution >= 4 is 28.8 Å². The van der Waals surface area contributed by atoms with Gasteiger partial charge in [-0.3, -0.25) is 4.98 Å². The third-order valence-corrected chi connectivity index (χ3v) is 3.22. The van der Waals surface area contributed by atoms with E-state index in [1.165, 1.54) is 0 Å². The van der Waals surface area contributed by atoms with Crippen molar-refractivity contribution in [2.45, 2.75) is 0 Å². The number of aromatic nitrogens is 3. The number of imidazole rings is 1. The van der Waals surface area contributed by atoms with Crippen LogP contribution in [0.15, 0.2) is 43.0 Å². The molecule has 0 aliphatic heterocycles. The summed E-state index contributed by atoms with van der Waals surface area (Å²) in [5, 5.41) is 1.07. The summed E-state index contributed by atoms with van der Waals surface area (Å²) in [6, 6.07) is 5.46. The van der Waals surface area contributed by atoms with Crippen molar-refractivity contribution in [1.82, 2.24) is 14.4 Å². The smallest absolute Gasteiger partial charge is 0.155 e. The summed E-state index contributed by atoms with van der Waals surface area (Å²) in [6.45, 7) is 0. The van der Waals surface area contributed by atoms with Crippen molar-refractivity contribution in [2.24, 2.45) is 0 Å². The summed E-state index contributed by atoms with van der Waals surface area (Å²) < 4.78 is 1.91. The second-order valence-corrected chi connectivity index (χ2v) is 4.41. The van der Waals surface area contributed by atoms with Gasteiger partial charge in [0, 0.05) is 24.2 Å².